The second kappa shape index (κ2) is 7.59. The molecule has 0 saturated carbocycles. The molecule has 1 aliphatic heterocycles. The molecular formula is C17H14Cl2N6O2. The van der Waals surface area contributed by atoms with E-state index in [1.54, 1.807) is 36.8 Å². The number of benzene rings is 1. The van der Waals surface area contributed by atoms with Gasteiger partial charge in [0, 0.05) is 31.2 Å². The number of carbonyl (C=O) groups excluding carboxylic acids is 1. The number of carbonyl (C=O) groups is 1. The number of hydrogen-bond donors (Lipinski definition) is 1. The minimum Gasteiger partial charge on any atom is -0.339 e. The Balaban J connectivity index is 1.29. The van der Waals surface area contributed by atoms with Gasteiger partial charge in [0.1, 0.15) is 5.69 Å². The van der Waals surface area contributed by atoms with Crippen LogP contribution < -0.4 is 5.32 Å². The molecule has 0 aliphatic carbocycles. The number of anilines is 1. The zero-order chi connectivity index (χ0) is 18.8. The highest BCUT2D eigenvalue weighted by atomic mass is 35.5. The summed E-state index contributed by atoms with van der Waals surface area (Å²) in [4.78, 5) is 26.6. The van der Waals surface area contributed by atoms with Crippen molar-refractivity contribution in [3.63, 3.8) is 0 Å². The van der Waals surface area contributed by atoms with Crippen LogP contribution in [0.25, 0.3) is 11.5 Å². The van der Waals surface area contributed by atoms with Crippen molar-refractivity contribution in [3.05, 3.63) is 52.7 Å². The molecular weight excluding hydrogens is 391 g/mol. The van der Waals surface area contributed by atoms with Gasteiger partial charge in [-0.1, -0.05) is 28.4 Å². The number of amides is 1. The molecule has 0 unspecified atom stereocenters. The second-order valence-corrected chi connectivity index (χ2v) is 6.93. The molecule has 1 N–H and O–H groups in total. The Labute approximate surface area is 164 Å². The van der Waals surface area contributed by atoms with Crippen LogP contribution in [0.15, 0.2) is 41.3 Å². The topological polar surface area (TPSA) is 97.0 Å². The van der Waals surface area contributed by atoms with Gasteiger partial charge in [-0.15, -0.1) is 0 Å². The van der Waals surface area contributed by atoms with Gasteiger partial charge in [-0.3, -0.25) is 14.7 Å². The quantitative estimate of drug-likeness (QED) is 0.697. The third-order valence-electron chi connectivity index (χ3n) is 4.11. The van der Waals surface area contributed by atoms with Gasteiger partial charge >= 0.3 is 0 Å². The Hall–Kier alpha value is -2.55. The van der Waals surface area contributed by atoms with Gasteiger partial charge in [0.25, 0.3) is 0 Å². The lowest BCUT2D eigenvalue weighted by atomic mass is 10.0. The Kier molecular flexibility index (Phi) is 5.02. The van der Waals surface area contributed by atoms with E-state index in [1.165, 1.54) is 0 Å². The maximum Gasteiger partial charge on any atom is 0.238 e. The second-order valence-electron chi connectivity index (χ2n) is 6.11. The van der Waals surface area contributed by atoms with Gasteiger partial charge in [0.05, 0.1) is 28.7 Å². The number of aromatic nitrogens is 4. The van der Waals surface area contributed by atoms with E-state index in [0.717, 1.165) is 0 Å². The van der Waals surface area contributed by atoms with Crippen molar-refractivity contribution in [3.8, 4) is 11.5 Å². The number of halogens is 2. The molecule has 4 rings (SSSR count). The molecule has 0 bridgehead atoms. The van der Waals surface area contributed by atoms with Crippen LogP contribution in [0.5, 0.6) is 0 Å². The standard InChI is InChI=1S/C17H14Cl2N6O2/c18-12-2-1-11(5-13(12)19)22-15(26)9-25-7-10(8-25)17-23-16(24-27-17)14-6-20-3-4-21-14/h1-6,10H,7-9H2,(H,22,26). The number of hydrogen-bond acceptors (Lipinski definition) is 7. The lowest BCUT2D eigenvalue weighted by Gasteiger charge is -2.36. The molecule has 8 nitrogen and oxygen atoms in total. The molecule has 27 heavy (non-hydrogen) atoms. The van der Waals surface area contributed by atoms with Crippen LogP contribution in [-0.2, 0) is 4.79 Å². The third kappa shape index (κ3) is 4.08. The van der Waals surface area contributed by atoms with Crippen LogP contribution >= 0.6 is 23.2 Å². The average Bonchev–Trinajstić information content (AvgIpc) is 3.11. The van der Waals surface area contributed by atoms with E-state index >= 15 is 0 Å². The van der Waals surface area contributed by atoms with E-state index in [1.807, 2.05) is 4.90 Å². The van der Waals surface area contributed by atoms with E-state index < -0.39 is 0 Å². The zero-order valence-corrected chi connectivity index (χ0v) is 15.5. The van der Waals surface area contributed by atoms with Crippen molar-refractivity contribution < 1.29 is 9.32 Å². The van der Waals surface area contributed by atoms with Crippen LogP contribution in [0, 0.1) is 0 Å². The fourth-order valence-electron chi connectivity index (χ4n) is 2.75. The van der Waals surface area contributed by atoms with Crippen molar-refractivity contribution in [2.45, 2.75) is 5.92 Å². The maximum absolute atomic E-state index is 12.1. The van der Waals surface area contributed by atoms with Crippen LogP contribution in [0.2, 0.25) is 10.0 Å². The molecule has 3 aromatic rings. The molecule has 3 heterocycles. The fourth-order valence-corrected chi connectivity index (χ4v) is 3.05. The first-order chi connectivity index (χ1) is 13.1. The molecule has 10 heteroatoms. The van der Waals surface area contributed by atoms with Gasteiger partial charge in [-0.25, -0.2) is 4.98 Å². The largest absolute Gasteiger partial charge is 0.339 e. The third-order valence-corrected chi connectivity index (χ3v) is 4.85. The summed E-state index contributed by atoms with van der Waals surface area (Å²) in [6, 6.07) is 4.97. The predicted octanol–water partition coefficient (Wildman–Crippen LogP) is 2.87. The Bertz CT molecular complexity index is 959. The summed E-state index contributed by atoms with van der Waals surface area (Å²) in [6.07, 6.45) is 4.73. The first kappa shape index (κ1) is 17.8. The van der Waals surface area contributed by atoms with Gasteiger partial charge in [0.15, 0.2) is 0 Å². The minimum atomic E-state index is -0.127. The van der Waals surface area contributed by atoms with Gasteiger partial charge in [-0.05, 0) is 18.2 Å². The molecule has 0 spiro atoms. The maximum atomic E-state index is 12.1. The Morgan fingerprint density at radius 1 is 1.26 bits per heavy atom. The fraction of sp³-hybridized carbons (Fsp3) is 0.235. The molecule has 1 amide bonds. The smallest absolute Gasteiger partial charge is 0.238 e. The molecule has 1 fully saturated rings. The van der Waals surface area contributed by atoms with Crippen molar-refractivity contribution >= 4 is 34.8 Å². The normalized spacial score (nSPS) is 14.7. The van der Waals surface area contributed by atoms with Crippen molar-refractivity contribution in [2.75, 3.05) is 25.0 Å². The molecule has 2 aromatic heterocycles. The number of nitrogens with one attached hydrogen (secondary N) is 1. The van der Waals surface area contributed by atoms with E-state index in [-0.39, 0.29) is 18.4 Å². The number of nitrogens with zero attached hydrogens (tertiary/aromatic N) is 5. The van der Waals surface area contributed by atoms with Crippen molar-refractivity contribution in [2.24, 2.45) is 0 Å². The SMILES string of the molecule is O=C(CN1CC(c2nc(-c3cnccn3)no2)C1)Nc1ccc(Cl)c(Cl)c1. The number of rotatable bonds is 5. The summed E-state index contributed by atoms with van der Waals surface area (Å²) >= 11 is 11.8. The molecule has 0 radical (unpaired) electrons. The van der Waals surface area contributed by atoms with Gasteiger partial charge < -0.3 is 9.84 Å². The molecule has 1 saturated heterocycles. The molecule has 1 aromatic carbocycles. The first-order valence-corrected chi connectivity index (χ1v) is 8.91. The highest BCUT2D eigenvalue weighted by Gasteiger charge is 2.33. The zero-order valence-electron chi connectivity index (χ0n) is 14.0. The number of likely N-dealkylation sites (tertiary alicyclic amines) is 1. The van der Waals surface area contributed by atoms with Crippen LogP contribution in [-0.4, -0.2) is 50.5 Å². The summed E-state index contributed by atoms with van der Waals surface area (Å²) < 4.78 is 5.31. The molecule has 0 atom stereocenters. The molecule has 138 valence electrons. The summed E-state index contributed by atoms with van der Waals surface area (Å²) in [5.41, 5.74) is 1.17. The van der Waals surface area contributed by atoms with Crippen LogP contribution in [0.4, 0.5) is 5.69 Å². The highest BCUT2D eigenvalue weighted by molar-refractivity contribution is 6.42. The summed E-state index contributed by atoms with van der Waals surface area (Å²) in [5.74, 6) is 0.920. The predicted molar refractivity (Wildman–Crippen MR) is 99.6 cm³/mol. The van der Waals surface area contributed by atoms with Gasteiger partial charge in [-0.2, -0.15) is 4.98 Å². The summed E-state index contributed by atoms with van der Waals surface area (Å²) in [6.45, 7) is 1.59. The van der Waals surface area contributed by atoms with E-state index in [0.29, 0.717) is 46.2 Å². The lowest BCUT2D eigenvalue weighted by molar-refractivity contribution is -0.118. The summed E-state index contributed by atoms with van der Waals surface area (Å²) in [7, 11) is 0. The van der Waals surface area contributed by atoms with Crippen LogP contribution in [0.3, 0.4) is 0 Å². The van der Waals surface area contributed by atoms with Crippen molar-refractivity contribution in [1.29, 1.82) is 0 Å². The van der Waals surface area contributed by atoms with E-state index in [4.69, 9.17) is 27.7 Å². The van der Waals surface area contributed by atoms with Crippen LogP contribution in [0.1, 0.15) is 11.8 Å². The monoisotopic (exact) mass is 404 g/mol. The van der Waals surface area contributed by atoms with Gasteiger partial charge in [0.2, 0.25) is 17.6 Å². The Morgan fingerprint density at radius 2 is 2.11 bits per heavy atom. The average molecular weight is 405 g/mol. The lowest BCUT2D eigenvalue weighted by Crippen LogP contribution is -2.48. The minimum absolute atomic E-state index is 0.0979. The Morgan fingerprint density at radius 3 is 2.85 bits per heavy atom. The van der Waals surface area contributed by atoms with E-state index in [9.17, 15) is 4.79 Å². The van der Waals surface area contributed by atoms with Crippen molar-refractivity contribution in [1.82, 2.24) is 25.0 Å². The molecule has 1 aliphatic rings. The highest BCUT2D eigenvalue weighted by Crippen LogP contribution is 2.27. The first-order valence-electron chi connectivity index (χ1n) is 8.16. The summed E-state index contributed by atoms with van der Waals surface area (Å²) in [5, 5.41) is 7.58. The van der Waals surface area contributed by atoms with E-state index in [2.05, 4.69) is 25.4 Å².